The van der Waals surface area contributed by atoms with E-state index in [0.29, 0.717) is 23.4 Å². The molecule has 31 heavy (non-hydrogen) atoms. The van der Waals surface area contributed by atoms with Gasteiger partial charge in [0.2, 0.25) is 6.41 Å². The van der Waals surface area contributed by atoms with Crippen LogP contribution in [-0.4, -0.2) is 52.6 Å². The number of urea groups is 1. The molecule has 0 radical (unpaired) electrons. The summed E-state index contributed by atoms with van der Waals surface area (Å²) in [5, 5.41) is 8.89. The highest BCUT2D eigenvalue weighted by Crippen LogP contribution is 2.26. The average molecular weight is 417 g/mol. The topological polar surface area (TPSA) is 105 Å². The lowest BCUT2D eigenvalue weighted by Gasteiger charge is -2.20. The third-order valence-electron chi connectivity index (χ3n) is 4.90. The normalized spacial score (nSPS) is 13.2. The lowest BCUT2D eigenvalue weighted by atomic mass is 10.1. The van der Waals surface area contributed by atoms with E-state index < -0.39 is 12.1 Å². The van der Waals surface area contributed by atoms with Gasteiger partial charge >= 0.3 is 6.03 Å². The van der Waals surface area contributed by atoms with Crippen LogP contribution in [0.3, 0.4) is 0 Å². The monoisotopic (exact) mass is 417 g/mol. The molecule has 1 aromatic carbocycles. The largest absolute Gasteiger partial charge is 0.497 e. The Hall–Kier alpha value is -4.32. The van der Waals surface area contributed by atoms with Crippen LogP contribution in [0.4, 0.5) is 4.79 Å². The minimum absolute atomic E-state index is 0.147. The maximum Gasteiger partial charge on any atom is 0.322 e. The number of imide groups is 1. The number of aromatic nitrogens is 2. The van der Waals surface area contributed by atoms with Crippen molar-refractivity contribution < 1.29 is 19.1 Å². The molecule has 0 spiro atoms. The predicted molar refractivity (Wildman–Crippen MR) is 111 cm³/mol. The Morgan fingerprint density at radius 1 is 1.35 bits per heavy atom. The molecule has 1 aliphatic heterocycles. The highest BCUT2D eigenvalue weighted by molar-refractivity contribution is 5.98. The fourth-order valence-corrected chi connectivity index (χ4v) is 3.41. The smallest absolute Gasteiger partial charge is 0.322 e. The summed E-state index contributed by atoms with van der Waals surface area (Å²) in [4.78, 5) is 37.0. The van der Waals surface area contributed by atoms with Gasteiger partial charge in [-0.1, -0.05) is 24.0 Å². The molecule has 1 aliphatic rings. The highest BCUT2D eigenvalue weighted by Gasteiger charge is 2.29. The lowest BCUT2D eigenvalue weighted by Crippen LogP contribution is -2.46. The molecule has 156 valence electrons. The summed E-state index contributed by atoms with van der Waals surface area (Å²) < 4.78 is 6.89. The zero-order chi connectivity index (χ0) is 21.8. The van der Waals surface area contributed by atoms with Crippen LogP contribution < -0.4 is 15.4 Å². The van der Waals surface area contributed by atoms with E-state index in [2.05, 4.69) is 22.3 Å². The number of ether oxygens (including phenoxy) is 1. The molecule has 0 saturated carbocycles. The van der Waals surface area contributed by atoms with Crippen molar-refractivity contribution in [2.75, 3.05) is 13.7 Å². The first-order valence-electron chi connectivity index (χ1n) is 9.50. The van der Waals surface area contributed by atoms with E-state index in [4.69, 9.17) is 4.74 Å². The van der Waals surface area contributed by atoms with Crippen molar-refractivity contribution in [3.8, 4) is 17.6 Å². The second kappa shape index (κ2) is 8.59. The molecule has 3 heterocycles. The van der Waals surface area contributed by atoms with Crippen molar-refractivity contribution in [2.45, 2.75) is 12.6 Å². The Balaban J connectivity index is 1.57. The predicted octanol–water partition coefficient (Wildman–Crippen LogP) is 1.17. The number of pyridine rings is 1. The molecule has 0 saturated heterocycles. The van der Waals surface area contributed by atoms with Crippen LogP contribution in [0.25, 0.3) is 5.52 Å². The van der Waals surface area contributed by atoms with Gasteiger partial charge in [-0.05, 0) is 29.8 Å². The summed E-state index contributed by atoms with van der Waals surface area (Å²) in [6.07, 6.45) is 3.73. The van der Waals surface area contributed by atoms with E-state index in [9.17, 15) is 14.4 Å². The number of nitrogens with one attached hydrogen (secondary N) is 2. The van der Waals surface area contributed by atoms with Crippen LogP contribution in [0, 0.1) is 11.8 Å². The molecule has 2 aromatic heterocycles. The number of methoxy groups -OCH3 is 1. The maximum atomic E-state index is 12.8. The van der Waals surface area contributed by atoms with E-state index >= 15 is 0 Å². The van der Waals surface area contributed by atoms with Crippen molar-refractivity contribution >= 4 is 23.9 Å². The second-order valence-corrected chi connectivity index (χ2v) is 6.86. The molecule has 9 heteroatoms. The Kier molecular flexibility index (Phi) is 5.53. The standard InChI is InChI=1S/C22H19N5O4/c1-31-18-8-6-16-12-26(21(29)19(16)10-18)13-17(25-22(30)23-14-28)7-5-15-11-24-27-9-3-2-4-20(15)27/h2-4,6,8-11,14,17H,12-13H2,1H3,(H2,23,25,28,30)/t17-/m1/s1. The van der Waals surface area contributed by atoms with Gasteiger partial charge in [-0.2, -0.15) is 5.10 Å². The molecule has 1 atom stereocenters. The van der Waals surface area contributed by atoms with Gasteiger partial charge < -0.3 is 15.0 Å². The van der Waals surface area contributed by atoms with Crippen molar-refractivity contribution in [3.63, 3.8) is 0 Å². The Labute approximate surface area is 178 Å². The zero-order valence-corrected chi connectivity index (χ0v) is 16.7. The first kappa shape index (κ1) is 20.0. The summed E-state index contributed by atoms with van der Waals surface area (Å²) in [5.74, 6) is 6.44. The number of amides is 4. The minimum atomic E-state index is -0.709. The quantitative estimate of drug-likeness (QED) is 0.479. The van der Waals surface area contributed by atoms with Crippen LogP contribution in [0.15, 0.2) is 48.8 Å². The third-order valence-corrected chi connectivity index (χ3v) is 4.90. The SMILES string of the molecule is COc1ccc2c(c1)C(=O)N(C[C@@H](C#Cc1cnn3ccccc13)NC(=O)NC=O)C2. The fourth-order valence-electron chi connectivity index (χ4n) is 3.41. The van der Waals surface area contributed by atoms with Crippen molar-refractivity contribution in [3.05, 3.63) is 65.5 Å². The number of rotatable bonds is 5. The van der Waals surface area contributed by atoms with Gasteiger partial charge in [0.05, 0.1) is 30.9 Å². The van der Waals surface area contributed by atoms with Gasteiger partial charge in [0.25, 0.3) is 5.91 Å². The van der Waals surface area contributed by atoms with Crippen molar-refractivity contribution in [2.24, 2.45) is 0 Å². The van der Waals surface area contributed by atoms with E-state index in [-0.39, 0.29) is 18.9 Å². The van der Waals surface area contributed by atoms with E-state index in [0.717, 1.165) is 11.1 Å². The number of fused-ring (bicyclic) bond motifs is 2. The first-order valence-corrected chi connectivity index (χ1v) is 9.50. The van der Waals surface area contributed by atoms with Crippen molar-refractivity contribution in [1.29, 1.82) is 0 Å². The molecule has 3 aromatic rings. The molecule has 4 amide bonds. The van der Waals surface area contributed by atoms with Gasteiger partial charge in [-0.15, -0.1) is 0 Å². The number of benzene rings is 1. The molecule has 9 nitrogen and oxygen atoms in total. The molecule has 0 aliphatic carbocycles. The summed E-state index contributed by atoms with van der Waals surface area (Å²) in [7, 11) is 1.54. The van der Waals surface area contributed by atoms with Gasteiger partial charge in [-0.25, -0.2) is 9.31 Å². The molecule has 0 unspecified atom stereocenters. The summed E-state index contributed by atoms with van der Waals surface area (Å²) in [5.41, 5.74) is 2.94. The van der Waals surface area contributed by atoms with Gasteiger partial charge in [0.1, 0.15) is 11.8 Å². The Morgan fingerprint density at radius 3 is 3.03 bits per heavy atom. The fraction of sp³-hybridized carbons (Fsp3) is 0.182. The average Bonchev–Trinajstić information content (AvgIpc) is 3.33. The summed E-state index contributed by atoms with van der Waals surface area (Å²) >= 11 is 0. The van der Waals surface area contributed by atoms with Gasteiger partial charge in [0.15, 0.2) is 0 Å². The first-order chi connectivity index (χ1) is 15.1. The van der Waals surface area contributed by atoms with E-state index in [1.165, 1.54) is 0 Å². The van der Waals surface area contributed by atoms with Crippen molar-refractivity contribution in [1.82, 2.24) is 25.1 Å². The minimum Gasteiger partial charge on any atom is -0.497 e. The maximum absolute atomic E-state index is 12.8. The molecule has 4 rings (SSSR count). The Morgan fingerprint density at radius 2 is 2.23 bits per heavy atom. The molecule has 2 N–H and O–H groups in total. The lowest BCUT2D eigenvalue weighted by molar-refractivity contribution is -0.108. The zero-order valence-electron chi connectivity index (χ0n) is 16.7. The number of carbonyl (C=O) groups is 3. The summed E-state index contributed by atoms with van der Waals surface area (Å²) in [6.45, 7) is 0.540. The van der Waals surface area contributed by atoms with Gasteiger partial charge in [0, 0.05) is 18.3 Å². The van der Waals surface area contributed by atoms with Crippen LogP contribution in [0.1, 0.15) is 21.5 Å². The molecular weight excluding hydrogens is 398 g/mol. The van der Waals surface area contributed by atoms with Crippen LogP contribution >= 0.6 is 0 Å². The van der Waals surface area contributed by atoms with E-state index in [1.807, 2.05) is 35.8 Å². The van der Waals surface area contributed by atoms with Crippen LogP contribution in [0.5, 0.6) is 5.75 Å². The number of hydrogen-bond donors (Lipinski definition) is 2. The van der Waals surface area contributed by atoms with Crippen LogP contribution in [-0.2, 0) is 11.3 Å². The number of hydrogen-bond acceptors (Lipinski definition) is 5. The molecular formula is C22H19N5O4. The highest BCUT2D eigenvalue weighted by atomic mass is 16.5. The molecule has 0 fully saturated rings. The molecule has 0 bridgehead atoms. The second-order valence-electron chi connectivity index (χ2n) is 6.86. The van der Waals surface area contributed by atoms with Crippen LogP contribution in [0.2, 0.25) is 0 Å². The van der Waals surface area contributed by atoms with E-state index in [1.54, 1.807) is 34.9 Å². The number of carbonyl (C=O) groups excluding carboxylic acids is 3. The summed E-state index contributed by atoms with van der Waals surface area (Å²) in [6, 6.07) is 9.56. The Bertz CT molecular complexity index is 1220. The third kappa shape index (κ3) is 4.18. The van der Waals surface area contributed by atoms with Gasteiger partial charge in [-0.3, -0.25) is 14.9 Å². The number of nitrogens with zero attached hydrogens (tertiary/aromatic N) is 3.